The third kappa shape index (κ3) is 6.76. The molecule has 0 aliphatic rings. The van der Waals surface area contributed by atoms with Crippen LogP contribution in [0.3, 0.4) is 0 Å². The summed E-state index contributed by atoms with van der Waals surface area (Å²) in [4.78, 5) is 20.7. The van der Waals surface area contributed by atoms with E-state index in [1.165, 1.54) is 12.1 Å². The molecule has 0 radical (unpaired) electrons. The number of rotatable bonds is 6. The highest BCUT2D eigenvalue weighted by molar-refractivity contribution is 5.85. The van der Waals surface area contributed by atoms with Gasteiger partial charge >= 0.3 is 6.09 Å². The Morgan fingerprint density at radius 2 is 1.76 bits per heavy atom. The molecule has 0 aliphatic heterocycles. The Labute approximate surface area is 200 Å². The number of halogens is 1. The number of hydrogen-bond acceptors (Lipinski definition) is 6. The van der Waals surface area contributed by atoms with Crippen molar-refractivity contribution in [1.82, 2.24) is 19.7 Å². The third-order valence-corrected chi connectivity index (χ3v) is 4.86. The molecule has 0 fully saturated rings. The van der Waals surface area contributed by atoms with Gasteiger partial charge in [-0.3, -0.25) is 10.3 Å². The highest BCUT2D eigenvalue weighted by Gasteiger charge is 2.21. The molecule has 0 spiro atoms. The molecule has 3 rings (SSSR count). The zero-order valence-corrected chi connectivity index (χ0v) is 20.9. The summed E-state index contributed by atoms with van der Waals surface area (Å²) in [6.07, 6.45) is 3.64. The molecule has 3 aromatic rings. The molecule has 0 unspecified atom stereocenters. The minimum absolute atomic E-state index is 0.279. The summed E-state index contributed by atoms with van der Waals surface area (Å²) in [6.45, 7) is 13.4. The van der Waals surface area contributed by atoms with Gasteiger partial charge in [-0.25, -0.2) is 18.9 Å². The van der Waals surface area contributed by atoms with Gasteiger partial charge in [-0.15, -0.1) is 0 Å². The maximum Gasteiger partial charge on any atom is 0.412 e. The van der Waals surface area contributed by atoms with Gasteiger partial charge in [-0.05, 0) is 85.1 Å². The number of anilines is 3. The fraction of sp³-hybridized carbons (Fsp3) is 0.440. The zero-order valence-electron chi connectivity index (χ0n) is 20.9. The number of carbonyl (C=O) groups excluding carboxylic acids is 1. The Hall–Kier alpha value is -3.49. The zero-order chi connectivity index (χ0) is 25.1. The van der Waals surface area contributed by atoms with Crippen molar-refractivity contribution >= 4 is 23.4 Å². The van der Waals surface area contributed by atoms with Crippen molar-refractivity contribution in [2.45, 2.75) is 72.4 Å². The van der Waals surface area contributed by atoms with Gasteiger partial charge < -0.3 is 10.1 Å². The van der Waals surface area contributed by atoms with Crippen molar-refractivity contribution in [3.05, 3.63) is 59.4 Å². The van der Waals surface area contributed by atoms with Crippen molar-refractivity contribution in [3.8, 4) is 0 Å². The molecule has 1 aromatic carbocycles. The number of ether oxygens (including phenoxy) is 1. The summed E-state index contributed by atoms with van der Waals surface area (Å²) in [7, 11) is 0. The third-order valence-electron chi connectivity index (χ3n) is 4.86. The number of carbonyl (C=O) groups is 1. The van der Waals surface area contributed by atoms with Gasteiger partial charge in [0.15, 0.2) is 5.82 Å². The van der Waals surface area contributed by atoms with E-state index in [4.69, 9.17) is 9.84 Å². The van der Waals surface area contributed by atoms with Crippen LogP contribution in [0.25, 0.3) is 0 Å². The van der Waals surface area contributed by atoms with Gasteiger partial charge in [0.05, 0.1) is 16.9 Å². The molecule has 8 nitrogen and oxygen atoms in total. The number of aromatic nitrogens is 4. The lowest BCUT2D eigenvalue weighted by molar-refractivity contribution is 0.0636. The van der Waals surface area contributed by atoms with Crippen LogP contribution in [0.15, 0.2) is 36.7 Å². The fourth-order valence-corrected chi connectivity index (χ4v) is 3.33. The van der Waals surface area contributed by atoms with Crippen LogP contribution in [0.2, 0.25) is 0 Å². The van der Waals surface area contributed by atoms with Gasteiger partial charge in [0.1, 0.15) is 17.2 Å². The second-order valence-electron chi connectivity index (χ2n) is 10.2. The normalized spacial score (nSPS) is 11.9. The van der Waals surface area contributed by atoms with E-state index in [9.17, 15) is 9.18 Å². The van der Waals surface area contributed by atoms with Crippen molar-refractivity contribution in [2.24, 2.45) is 0 Å². The predicted octanol–water partition coefficient (Wildman–Crippen LogP) is 5.75. The first-order valence-corrected chi connectivity index (χ1v) is 11.2. The summed E-state index contributed by atoms with van der Waals surface area (Å²) in [6, 6.07) is 6.43. The molecule has 182 valence electrons. The first kappa shape index (κ1) is 25.1. The summed E-state index contributed by atoms with van der Waals surface area (Å²) in [5.74, 6) is 1.11. The van der Waals surface area contributed by atoms with Crippen molar-refractivity contribution in [2.75, 3.05) is 10.6 Å². The number of amides is 1. The molecule has 0 bridgehead atoms. The predicted molar refractivity (Wildman–Crippen MR) is 131 cm³/mol. The Balaban J connectivity index is 1.77. The van der Waals surface area contributed by atoms with Crippen LogP contribution in [0.5, 0.6) is 0 Å². The largest absolute Gasteiger partial charge is 0.444 e. The van der Waals surface area contributed by atoms with E-state index in [2.05, 4.69) is 41.4 Å². The second-order valence-corrected chi connectivity index (χ2v) is 10.2. The lowest BCUT2D eigenvalue weighted by atomic mass is 10.1. The van der Waals surface area contributed by atoms with E-state index in [1.807, 2.05) is 17.7 Å². The molecule has 9 heteroatoms. The second kappa shape index (κ2) is 9.79. The minimum atomic E-state index is -0.617. The molecule has 34 heavy (non-hydrogen) atoms. The molecular weight excluding hydrogens is 435 g/mol. The molecular formula is C25H33FN6O2. The lowest BCUT2D eigenvalue weighted by Crippen LogP contribution is -2.27. The molecule has 2 heterocycles. The van der Waals surface area contributed by atoms with Gasteiger partial charge in [-0.2, -0.15) is 5.10 Å². The highest BCUT2D eigenvalue weighted by atomic mass is 19.1. The van der Waals surface area contributed by atoms with Crippen molar-refractivity contribution in [3.63, 3.8) is 0 Å². The SMILES string of the molecule is Cc1nccnc1Nc1cc(CCc2cc(NC(=O)OC(C)(C)C)ccc2F)nn1C(C)(C)C. The monoisotopic (exact) mass is 468 g/mol. The fourth-order valence-electron chi connectivity index (χ4n) is 3.33. The Morgan fingerprint density at radius 1 is 1.06 bits per heavy atom. The molecule has 0 aliphatic carbocycles. The van der Waals surface area contributed by atoms with Gasteiger partial charge in [0.2, 0.25) is 0 Å². The number of nitrogens with zero attached hydrogens (tertiary/aromatic N) is 4. The standard InChI is InChI=1S/C25H33FN6O2/c1-16-22(28-13-12-27-16)30-21-15-19(31-32(21)24(2,3)4)9-8-17-14-18(10-11-20(17)26)29-23(33)34-25(5,6)7/h10-15H,8-9H2,1-7H3,(H,28,30)(H,29,33). The maximum absolute atomic E-state index is 14.5. The smallest absolute Gasteiger partial charge is 0.412 e. The summed E-state index contributed by atoms with van der Waals surface area (Å²) < 4.78 is 21.7. The van der Waals surface area contributed by atoms with Crippen LogP contribution in [0, 0.1) is 12.7 Å². The average Bonchev–Trinajstić information content (AvgIpc) is 3.12. The molecule has 0 atom stereocenters. The first-order chi connectivity index (χ1) is 15.8. The minimum Gasteiger partial charge on any atom is -0.444 e. The Bertz CT molecular complexity index is 1160. The topological polar surface area (TPSA) is 94.0 Å². The van der Waals surface area contributed by atoms with E-state index in [1.54, 1.807) is 39.2 Å². The highest BCUT2D eigenvalue weighted by Crippen LogP contribution is 2.26. The van der Waals surface area contributed by atoms with Crippen molar-refractivity contribution < 1.29 is 13.9 Å². The van der Waals surface area contributed by atoms with E-state index >= 15 is 0 Å². The van der Waals surface area contributed by atoms with Crippen LogP contribution >= 0.6 is 0 Å². The van der Waals surface area contributed by atoms with Gasteiger partial charge in [0, 0.05) is 24.1 Å². The van der Waals surface area contributed by atoms with E-state index in [-0.39, 0.29) is 11.4 Å². The van der Waals surface area contributed by atoms with Crippen molar-refractivity contribution in [1.29, 1.82) is 0 Å². The number of nitrogens with one attached hydrogen (secondary N) is 2. The molecule has 1 amide bonds. The molecule has 2 N–H and O–H groups in total. The summed E-state index contributed by atoms with van der Waals surface area (Å²) in [5, 5.41) is 10.7. The van der Waals surface area contributed by atoms with Gasteiger partial charge in [0.25, 0.3) is 0 Å². The van der Waals surface area contributed by atoms with E-state index in [0.717, 1.165) is 17.2 Å². The maximum atomic E-state index is 14.5. The molecule has 2 aromatic heterocycles. The summed E-state index contributed by atoms with van der Waals surface area (Å²) in [5.41, 5.74) is 1.66. The van der Waals surface area contributed by atoms with Crippen LogP contribution in [-0.2, 0) is 23.1 Å². The molecule has 0 saturated heterocycles. The van der Waals surface area contributed by atoms with E-state index < -0.39 is 11.7 Å². The summed E-state index contributed by atoms with van der Waals surface area (Å²) >= 11 is 0. The lowest BCUT2D eigenvalue weighted by Gasteiger charge is -2.22. The average molecular weight is 469 g/mol. The number of hydrogen-bond donors (Lipinski definition) is 2. The van der Waals surface area contributed by atoms with Crippen LogP contribution in [-0.4, -0.2) is 31.4 Å². The van der Waals surface area contributed by atoms with Crippen LogP contribution in [0.1, 0.15) is 58.5 Å². The quantitative estimate of drug-likeness (QED) is 0.478. The van der Waals surface area contributed by atoms with Crippen LogP contribution in [0.4, 0.5) is 26.5 Å². The van der Waals surface area contributed by atoms with Crippen LogP contribution < -0.4 is 10.6 Å². The first-order valence-electron chi connectivity index (χ1n) is 11.2. The Morgan fingerprint density at radius 3 is 2.41 bits per heavy atom. The Kier molecular flexibility index (Phi) is 7.24. The van der Waals surface area contributed by atoms with E-state index in [0.29, 0.717) is 29.9 Å². The van der Waals surface area contributed by atoms with Gasteiger partial charge in [-0.1, -0.05) is 0 Å². The molecule has 0 saturated carbocycles. The number of benzene rings is 1. The number of aryl methyl sites for hydroxylation is 3.